The molecule has 0 aliphatic heterocycles. The van der Waals surface area contributed by atoms with Crippen LogP contribution in [0, 0.1) is 0 Å². The highest BCUT2D eigenvalue weighted by Gasteiger charge is 2.09. The molecule has 0 aromatic carbocycles. The summed E-state index contributed by atoms with van der Waals surface area (Å²) < 4.78 is 5.22. The Labute approximate surface area is 127 Å². The second kappa shape index (κ2) is 10.2. The number of anilines is 1. The van der Waals surface area contributed by atoms with Crippen LogP contribution >= 0.6 is 0 Å². The summed E-state index contributed by atoms with van der Waals surface area (Å²) in [6.45, 7) is 8.73. The normalized spacial score (nSPS) is 10.4. The molecule has 0 atom stereocenters. The number of aryl methyl sites for hydroxylation is 1. The van der Waals surface area contributed by atoms with Crippen molar-refractivity contribution in [2.24, 2.45) is 0 Å². The first-order valence-electron chi connectivity index (χ1n) is 7.82. The molecule has 118 valence electrons. The third kappa shape index (κ3) is 6.58. The van der Waals surface area contributed by atoms with Gasteiger partial charge in [-0.05, 0) is 31.9 Å². The molecule has 0 fully saturated rings. The highest BCUT2D eigenvalue weighted by molar-refractivity contribution is 5.95. The van der Waals surface area contributed by atoms with E-state index in [2.05, 4.69) is 29.5 Å². The third-order valence-electron chi connectivity index (χ3n) is 2.94. The fourth-order valence-corrected chi connectivity index (χ4v) is 1.93. The van der Waals surface area contributed by atoms with Gasteiger partial charge in [0.25, 0.3) is 5.91 Å². The van der Waals surface area contributed by atoms with Crippen LogP contribution in [0.25, 0.3) is 0 Å². The van der Waals surface area contributed by atoms with Crippen LogP contribution in [-0.2, 0) is 11.2 Å². The minimum atomic E-state index is -0.0750. The lowest BCUT2D eigenvalue weighted by molar-refractivity contribution is 0.0922. The van der Waals surface area contributed by atoms with E-state index in [9.17, 15) is 4.79 Å². The van der Waals surface area contributed by atoms with Gasteiger partial charge in [-0.3, -0.25) is 4.79 Å². The molecule has 0 saturated carbocycles. The van der Waals surface area contributed by atoms with Crippen molar-refractivity contribution in [3.05, 3.63) is 23.4 Å². The number of nitrogens with zero attached hydrogens (tertiary/aromatic N) is 1. The Hall–Kier alpha value is -1.62. The smallest absolute Gasteiger partial charge is 0.251 e. The Morgan fingerprint density at radius 2 is 2.00 bits per heavy atom. The SMILES string of the molecule is CCCNc1cc(C(=O)NCCOCC)cc(CCC)n1. The van der Waals surface area contributed by atoms with Crippen molar-refractivity contribution in [3.63, 3.8) is 0 Å². The fourth-order valence-electron chi connectivity index (χ4n) is 1.93. The molecular weight excluding hydrogens is 266 g/mol. The number of ether oxygens (including phenoxy) is 1. The largest absolute Gasteiger partial charge is 0.380 e. The zero-order valence-electron chi connectivity index (χ0n) is 13.4. The highest BCUT2D eigenvalue weighted by Crippen LogP contribution is 2.12. The Morgan fingerprint density at radius 1 is 1.19 bits per heavy atom. The van der Waals surface area contributed by atoms with Crippen LogP contribution < -0.4 is 10.6 Å². The van der Waals surface area contributed by atoms with Gasteiger partial charge in [0.05, 0.1) is 6.61 Å². The summed E-state index contributed by atoms with van der Waals surface area (Å²) in [5.41, 5.74) is 1.61. The molecule has 0 aliphatic rings. The summed E-state index contributed by atoms with van der Waals surface area (Å²) in [4.78, 5) is 16.7. The molecule has 5 nitrogen and oxygen atoms in total. The third-order valence-corrected chi connectivity index (χ3v) is 2.94. The fraction of sp³-hybridized carbons (Fsp3) is 0.625. The molecule has 0 unspecified atom stereocenters. The van der Waals surface area contributed by atoms with Gasteiger partial charge in [-0.2, -0.15) is 0 Å². The number of nitrogens with one attached hydrogen (secondary N) is 2. The van der Waals surface area contributed by atoms with Gasteiger partial charge in [-0.25, -0.2) is 4.98 Å². The average Bonchev–Trinajstić information content (AvgIpc) is 2.49. The molecule has 2 N–H and O–H groups in total. The molecule has 0 bridgehead atoms. The van der Waals surface area contributed by atoms with E-state index in [0.29, 0.717) is 25.3 Å². The van der Waals surface area contributed by atoms with E-state index < -0.39 is 0 Å². The summed E-state index contributed by atoms with van der Waals surface area (Å²) in [5.74, 6) is 0.701. The zero-order valence-corrected chi connectivity index (χ0v) is 13.4. The van der Waals surface area contributed by atoms with Crippen LogP contribution in [0.4, 0.5) is 5.82 Å². The predicted octanol–water partition coefficient (Wildman–Crippen LogP) is 2.62. The maximum Gasteiger partial charge on any atom is 0.251 e. The van der Waals surface area contributed by atoms with Crippen LogP contribution in [0.1, 0.15) is 49.7 Å². The van der Waals surface area contributed by atoms with Gasteiger partial charge in [-0.15, -0.1) is 0 Å². The first kappa shape index (κ1) is 17.4. The van der Waals surface area contributed by atoms with Crippen LogP contribution in [0.15, 0.2) is 12.1 Å². The van der Waals surface area contributed by atoms with Crippen molar-refractivity contribution in [1.29, 1.82) is 0 Å². The van der Waals surface area contributed by atoms with E-state index in [4.69, 9.17) is 4.74 Å². The first-order chi connectivity index (χ1) is 10.2. The summed E-state index contributed by atoms with van der Waals surface area (Å²) in [7, 11) is 0. The lowest BCUT2D eigenvalue weighted by Crippen LogP contribution is -2.27. The van der Waals surface area contributed by atoms with E-state index in [1.54, 1.807) is 0 Å². The first-order valence-corrected chi connectivity index (χ1v) is 7.82. The van der Waals surface area contributed by atoms with E-state index in [1.165, 1.54) is 0 Å². The van der Waals surface area contributed by atoms with Gasteiger partial charge < -0.3 is 15.4 Å². The van der Waals surface area contributed by atoms with Crippen LogP contribution in [0.5, 0.6) is 0 Å². The maximum absolute atomic E-state index is 12.2. The minimum absolute atomic E-state index is 0.0750. The number of hydrogen-bond acceptors (Lipinski definition) is 4. The van der Waals surface area contributed by atoms with Crippen LogP contribution in [0.2, 0.25) is 0 Å². The Bertz CT molecular complexity index is 436. The standard InChI is InChI=1S/C16H27N3O2/c1-4-7-14-11-13(12-15(19-14)17-8-5-2)16(20)18-9-10-21-6-3/h11-12H,4-10H2,1-3H3,(H,17,19)(H,18,20). The number of hydrogen-bond donors (Lipinski definition) is 2. The molecular formula is C16H27N3O2. The minimum Gasteiger partial charge on any atom is -0.380 e. The summed E-state index contributed by atoms with van der Waals surface area (Å²) in [6.07, 6.45) is 2.91. The van der Waals surface area contributed by atoms with E-state index in [-0.39, 0.29) is 5.91 Å². The highest BCUT2D eigenvalue weighted by atomic mass is 16.5. The number of carbonyl (C=O) groups excluding carboxylic acids is 1. The van der Waals surface area contributed by atoms with Gasteiger partial charge >= 0.3 is 0 Å². The Kier molecular flexibility index (Phi) is 8.43. The quantitative estimate of drug-likeness (QED) is 0.651. The second-order valence-corrected chi connectivity index (χ2v) is 4.86. The molecule has 0 aliphatic carbocycles. The summed E-state index contributed by atoms with van der Waals surface area (Å²) >= 11 is 0. The average molecular weight is 293 g/mol. The van der Waals surface area contributed by atoms with Gasteiger partial charge in [0.15, 0.2) is 0 Å². The molecule has 1 aromatic rings. The van der Waals surface area contributed by atoms with Crippen LogP contribution in [-0.4, -0.2) is 37.2 Å². The molecule has 0 spiro atoms. The van der Waals surface area contributed by atoms with E-state index >= 15 is 0 Å². The molecule has 0 radical (unpaired) electrons. The Morgan fingerprint density at radius 3 is 2.67 bits per heavy atom. The van der Waals surface area contributed by atoms with Crippen molar-refractivity contribution >= 4 is 11.7 Å². The van der Waals surface area contributed by atoms with Crippen molar-refractivity contribution in [3.8, 4) is 0 Å². The molecule has 1 rings (SSSR count). The zero-order chi connectivity index (χ0) is 15.5. The number of aromatic nitrogens is 1. The number of carbonyl (C=O) groups is 1. The summed E-state index contributed by atoms with van der Waals surface area (Å²) in [6, 6.07) is 3.68. The van der Waals surface area contributed by atoms with Crippen molar-refractivity contribution in [2.75, 3.05) is 31.6 Å². The van der Waals surface area contributed by atoms with E-state index in [0.717, 1.165) is 37.3 Å². The topological polar surface area (TPSA) is 63.2 Å². The monoisotopic (exact) mass is 293 g/mol. The van der Waals surface area contributed by atoms with Crippen molar-refractivity contribution in [1.82, 2.24) is 10.3 Å². The van der Waals surface area contributed by atoms with Crippen LogP contribution in [0.3, 0.4) is 0 Å². The molecule has 0 saturated heterocycles. The molecule has 1 amide bonds. The molecule has 5 heteroatoms. The Balaban J connectivity index is 2.73. The lowest BCUT2D eigenvalue weighted by atomic mass is 10.1. The second-order valence-electron chi connectivity index (χ2n) is 4.86. The molecule has 1 aromatic heterocycles. The maximum atomic E-state index is 12.2. The molecule has 21 heavy (non-hydrogen) atoms. The van der Waals surface area contributed by atoms with Gasteiger partial charge in [-0.1, -0.05) is 20.3 Å². The van der Waals surface area contributed by atoms with Gasteiger partial charge in [0.2, 0.25) is 0 Å². The number of amides is 1. The van der Waals surface area contributed by atoms with E-state index in [1.807, 2.05) is 19.1 Å². The lowest BCUT2D eigenvalue weighted by Gasteiger charge is -2.10. The molecule has 1 heterocycles. The van der Waals surface area contributed by atoms with Crippen molar-refractivity contribution < 1.29 is 9.53 Å². The summed E-state index contributed by atoms with van der Waals surface area (Å²) in [5, 5.41) is 6.12. The van der Waals surface area contributed by atoms with Crippen molar-refractivity contribution in [2.45, 2.75) is 40.0 Å². The predicted molar refractivity (Wildman–Crippen MR) is 85.8 cm³/mol. The number of pyridine rings is 1. The van der Waals surface area contributed by atoms with Gasteiger partial charge in [0, 0.05) is 31.0 Å². The van der Waals surface area contributed by atoms with Gasteiger partial charge in [0.1, 0.15) is 5.82 Å². The number of rotatable bonds is 10.